The van der Waals surface area contributed by atoms with E-state index in [1.807, 2.05) is 0 Å². The number of alkyl halides is 2. The molecule has 11 heteroatoms. The first-order valence-corrected chi connectivity index (χ1v) is 14.3. The summed E-state index contributed by atoms with van der Waals surface area (Å²) in [6, 6.07) is 9.53. The number of hydrazine groups is 1. The average molecular weight is 673 g/mol. The number of halogens is 4. The van der Waals surface area contributed by atoms with Crippen LogP contribution in [-0.4, -0.2) is 56.3 Å². The van der Waals surface area contributed by atoms with E-state index in [1.54, 1.807) is 24.3 Å². The van der Waals surface area contributed by atoms with Crippen molar-refractivity contribution in [3.63, 3.8) is 0 Å². The number of carbonyl (C=O) groups excluding carboxylic acids is 4. The minimum Gasteiger partial charge on any atom is -0.497 e. The number of hydrogen-bond acceptors (Lipinski definition) is 5. The molecular formula is C26H22Br2Cl2N2O5. The van der Waals surface area contributed by atoms with Gasteiger partial charge in [-0.1, -0.05) is 55.1 Å². The molecule has 3 amide bonds. The molecule has 2 saturated carbocycles. The zero-order chi connectivity index (χ0) is 26.8. The van der Waals surface area contributed by atoms with Gasteiger partial charge < -0.3 is 4.74 Å². The summed E-state index contributed by atoms with van der Waals surface area (Å²) in [6.45, 7) is 1.50. The van der Waals surface area contributed by atoms with Crippen LogP contribution in [0.4, 0.5) is 0 Å². The van der Waals surface area contributed by atoms with Crippen LogP contribution < -0.4 is 4.74 Å². The molecular weight excluding hydrogens is 651 g/mol. The number of ether oxygens (including phenoxy) is 1. The molecule has 2 aliphatic carbocycles. The maximum atomic E-state index is 13.9. The fourth-order valence-corrected chi connectivity index (χ4v) is 8.24. The fourth-order valence-electron chi connectivity index (χ4n) is 5.88. The van der Waals surface area contributed by atoms with Crippen molar-refractivity contribution in [3.05, 3.63) is 63.6 Å². The van der Waals surface area contributed by atoms with Crippen LogP contribution in [0.25, 0.3) is 0 Å². The Bertz CT molecular complexity index is 1270. The molecule has 37 heavy (non-hydrogen) atoms. The van der Waals surface area contributed by atoms with Crippen LogP contribution in [0.5, 0.6) is 5.75 Å². The van der Waals surface area contributed by atoms with Crippen molar-refractivity contribution in [2.24, 2.45) is 23.7 Å². The average Bonchev–Trinajstić information content (AvgIpc) is 3.49. The molecule has 1 saturated heterocycles. The number of hydrogen-bond donors (Lipinski definition) is 0. The van der Waals surface area contributed by atoms with Crippen molar-refractivity contribution >= 4 is 78.6 Å². The Balaban J connectivity index is 1.56. The zero-order valence-electron chi connectivity index (χ0n) is 19.7. The lowest BCUT2D eigenvalue weighted by atomic mass is 9.81. The normalized spacial score (nSPS) is 28.9. The number of amides is 3. The number of methoxy groups -OCH3 is 1. The molecule has 3 aliphatic rings. The zero-order valence-corrected chi connectivity index (χ0v) is 24.4. The third-order valence-electron chi connectivity index (χ3n) is 7.67. The lowest BCUT2D eigenvalue weighted by Crippen LogP contribution is -2.57. The quantitative estimate of drug-likeness (QED) is 0.233. The molecule has 0 unspecified atom stereocenters. The molecule has 5 rings (SSSR count). The van der Waals surface area contributed by atoms with Crippen LogP contribution in [-0.2, 0) is 9.59 Å². The molecule has 0 aromatic heterocycles. The summed E-state index contributed by atoms with van der Waals surface area (Å²) in [5, 5.41) is 2.23. The van der Waals surface area contributed by atoms with Gasteiger partial charge >= 0.3 is 0 Å². The van der Waals surface area contributed by atoms with Gasteiger partial charge in [0.1, 0.15) is 11.8 Å². The second-order valence-electron chi connectivity index (χ2n) is 9.53. The van der Waals surface area contributed by atoms with Crippen LogP contribution in [0.15, 0.2) is 42.5 Å². The highest BCUT2D eigenvalue weighted by molar-refractivity contribution is 9.12. The molecule has 0 spiro atoms. The van der Waals surface area contributed by atoms with Crippen LogP contribution >= 0.6 is 55.1 Å². The maximum absolute atomic E-state index is 13.9. The van der Waals surface area contributed by atoms with Crippen LogP contribution in [0.2, 0.25) is 10.0 Å². The topological polar surface area (TPSA) is 84.0 Å². The third-order valence-corrected chi connectivity index (χ3v) is 11.4. The first kappa shape index (κ1) is 26.7. The number of ketones is 1. The monoisotopic (exact) mass is 670 g/mol. The SMILES string of the molecule is COc1ccc(C(=O)[C@H](C)N(C(=O)c2ccc(Cl)cc2Cl)N2C(=O)[C@@H]3[C@H]4C[C@@H]([C@H](Br)[C@H]4Br)[C@@H]3C2=O)cc1. The second-order valence-corrected chi connectivity index (χ2v) is 12.5. The van der Waals surface area contributed by atoms with Crippen molar-refractivity contribution in [2.45, 2.75) is 29.0 Å². The summed E-state index contributed by atoms with van der Waals surface area (Å²) in [6.07, 6.45) is 0.740. The molecule has 2 bridgehead atoms. The van der Waals surface area contributed by atoms with Crippen LogP contribution in [0, 0.1) is 23.7 Å². The van der Waals surface area contributed by atoms with Gasteiger partial charge in [0, 0.05) is 20.2 Å². The highest BCUT2D eigenvalue weighted by atomic mass is 79.9. The van der Waals surface area contributed by atoms with Crippen LogP contribution in [0.3, 0.4) is 0 Å². The Hall–Kier alpha value is -1.94. The van der Waals surface area contributed by atoms with Gasteiger partial charge in [0.05, 0.1) is 29.5 Å². The predicted octanol–water partition coefficient (Wildman–Crippen LogP) is 5.41. The van der Waals surface area contributed by atoms with E-state index in [2.05, 4.69) is 31.9 Å². The van der Waals surface area contributed by atoms with E-state index >= 15 is 0 Å². The van der Waals surface area contributed by atoms with Crippen molar-refractivity contribution in [3.8, 4) is 5.75 Å². The summed E-state index contributed by atoms with van der Waals surface area (Å²) < 4.78 is 5.16. The van der Waals surface area contributed by atoms with Gasteiger partial charge in [-0.15, -0.1) is 0 Å². The molecule has 194 valence electrons. The summed E-state index contributed by atoms with van der Waals surface area (Å²) >= 11 is 19.7. The van der Waals surface area contributed by atoms with Gasteiger partial charge in [-0.05, 0) is 67.6 Å². The Morgan fingerprint density at radius 1 is 1.00 bits per heavy atom. The summed E-state index contributed by atoms with van der Waals surface area (Å²) in [4.78, 5) is 55.1. The van der Waals surface area contributed by atoms with E-state index in [4.69, 9.17) is 27.9 Å². The van der Waals surface area contributed by atoms with E-state index in [1.165, 1.54) is 32.2 Å². The number of fused-ring (bicyclic) bond motifs is 5. The first-order valence-electron chi connectivity index (χ1n) is 11.7. The van der Waals surface area contributed by atoms with E-state index in [0.29, 0.717) is 16.3 Å². The fraction of sp³-hybridized carbons (Fsp3) is 0.385. The molecule has 3 fully saturated rings. The number of rotatable bonds is 6. The van der Waals surface area contributed by atoms with Crippen molar-refractivity contribution in [2.75, 3.05) is 7.11 Å². The smallest absolute Gasteiger partial charge is 0.275 e. The van der Waals surface area contributed by atoms with Crippen LogP contribution in [0.1, 0.15) is 34.1 Å². The maximum Gasteiger partial charge on any atom is 0.275 e. The number of benzene rings is 2. The Labute approximate surface area is 240 Å². The molecule has 1 heterocycles. The Kier molecular flexibility index (Phi) is 7.19. The molecule has 0 N–H and O–H groups in total. The van der Waals surface area contributed by atoms with E-state index in [-0.39, 0.29) is 32.1 Å². The van der Waals surface area contributed by atoms with Gasteiger partial charge in [-0.2, -0.15) is 5.01 Å². The van der Waals surface area contributed by atoms with Crippen molar-refractivity contribution < 1.29 is 23.9 Å². The lowest BCUT2D eigenvalue weighted by molar-refractivity contribution is -0.157. The summed E-state index contributed by atoms with van der Waals surface area (Å²) in [7, 11) is 1.51. The first-order chi connectivity index (χ1) is 17.6. The number of Topliss-reactive ketones (excluding diaryl/α,β-unsaturated/α-hetero) is 1. The summed E-state index contributed by atoms with van der Waals surface area (Å²) in [5.41, 5.74) is 0.325. The van der Waals surface area contributed by atoms with E-state index < -0.39 is 41.4 Å². The third kappa shape index (κ3) is 4.22. The van der Waals surface area contributed by atoms with Crippen molar-refractivity contribution in [1.29, 1.82) is 0 Å². The van der Waals surface area contributed by atoms with Gasteiger partial charge in [0.15, 0.2) is 5.78 Å². The number of carbonyl (C=O) groups is 4. The predicted molar refractivity (Wildman–Crippen MR) is 145 cm³/mol. The number of nitrogens with zero attached hydrogens (tertiary/aromatic N) is 2. The molecule has 2 aromatic rings. The standard InChI is InChI=1S/C26H22Br2Cl2N2O5/c1-11(23(33)12-3-6-14(37-2)7-4-12)31(24(34)15-8-5-13(29)9-18(15)30)32-25(35)19-16-10-17(20(19)26(32)36)22(28)21(16)27/h3-9,11,16-17,19-22H,10H2,1-2H3/t11-,16+,17+,19-,20+,21-,22-/m0/s1. The van der Waals surface area contributed by atoms with Gasteiger partial charge in [0.2, 0.25) is 0 Å². The highest BCUT2D eigenvalue weighted by Crippen LogP contribution is 2.60. The van der Waals surface area contributed by atoms with Gasteiger partial charge in [-0.3, -0.25) is 19.2 Å². The molecule has 7 nitrogen and oxygen atoms in total. The Morgan fingerprint density at radius 3 is 2.08 bits per heavy atom. The molecule has 7 atom stereocenters. The van der Waals surface area contributed by atoms with Crippen molar-refractivity contribution in [1.82, 2.24) is 10.0 Å². The highest BCUT2D eigenvalue weighted by Gasteiger charge is 2.68. The molecule has 0 radical (unpaired) electrons. The van der Waals surface area contributed by atoms with E-state index in [0.717, 1.165) is 16.4 Å². The minimum absolute atomic E-state index is 0.0258. The molecule has 2 aromatic carbocycles. The summed E-state index contributed by atoms with van der Waals surface area (Å²) in [5.74, 6) is -2.79. The molecule has 1 aliphatic heterocycles. The van der Waals surface area contributed by atoms with E-state index in [9.17, 15) is 19.2 Å². The second kappa shape index (κ2) is 9.98. The largest absolute Gasteiger partial charge is 0.497 e. The minimum atomic E-state index is -1.18. The van der Waals surface area contributed by atoms with Gasteiger partial charge in [0.25, 0.3) is 17.7 Å². The lowest BCUT2D eigenvalue weighted by Gasteiger charge is -2.35. The number of imide groups is 1. The van der Waals surface area contributed by atoms with Gasteiger partial charge in [-0.25, -0.2) is 5.01 Å². The Morgan fingerprint density at radius 2 is 1.57 bits per heavy atom.